The lowest BCUT2D eigenvalue weighted by Crippen LogP contribution is -2.60. The number of halogens is 2. The smallest absolute Gasteiger partial charge is 0.437 e. The van der Waals surface area contributed by atoms with Crippen LogP contribution >= 0.6 is 0 Å². The Morgan fingerprint density at radius 2 is 1.40 bits per heavy atom. The van der Waals surface area contributed by atoms with Gasteiger partial charge in [0.1, 0.15) is 28.6 Å². The number of aliphatic imine (C=N–C) groups is 1. The Hall–Kier alpha value is -4.42. The van der Waals surface area contributed by atoms with Crippen LogP contribution < -0.4 is 4.74 Å². The molecule has 0 aliphatic carbocycles. The van der Waals surface area contributed by atoms with Crippen molar-refractivity contribution in [2.75, 3.05) is 34.5 Å². The number of guanidine groups is 1. The standard InChI is InChI=1S/C32H43F2N5O6/c1-31(2,3)44-28(40)35-27(38-19-36(7)29(41)37(8)20-38)39(30(42)45-32(4,5)6)18-22-16-25(33)24(26(34)17-22)15-12-21-10-13-23(43-9)14-11-21/h10-11,13-14,16-17H,12,15,18-20H2,1-9H3/b35-27+. The predicted molar refractivity (Wildman–Crippen MR) is 165 cm³/mol. The topological polar surface area (TPSA) is 104 Å². The second-order valence-electron chi connectivity index (χ2n) is 12.8. The molecule has 4 amide bonds. The van der Waals surface area contributed by atoms with Crippen LogP contribution in [0, 0.1) is 11.6 Å². The highest BCUT2D eigenvalue weighted by Gasteiger charge is 2.35. The van der Waals surface area contributed by atoms with Crippen molar-refractivity contribution < 1.29 is 37.4 Å². The molecule has 1 fully saturated rings. The zero-order chi connectivity index (χ0) is 33.7. The van der Waals surface area contributed by atoms with Crippen molar-refractivity contribution in [1.29, 1.82) is 0 Å². The Morgan fingerprint density at radius 3 is 1.89 bits per heavy atom. The van der Waals surface area contributed by atoms with Gasteiger partial charge in [0.05, 0.1) is 27.0 Å². The maximum Gasteiger partial charge on any atom is 0.437 e. The van der Waals surface area contributed by atoms with Crippen molar-refractivity contribution >= 4 is 24.2 Å². The average molecular weight is 632 g/mol. The van der Waals surface area contributed by atoms with E-state index in [4.69, 9.17) is 14.2 Å². The first-order valence-electron chi connectivity index (χ1n) is 14.5. The number of carbonyl (C=O) groups is 3. The Balaban J connectivity index is 2.00. The van der Waals surface area contributed by atoms with Gasteiger partial charge < -0.3 is 28.9 Å². The number of amides is 4. The molecule has 1 aliphatic rings. The number of nitrogens with zero attached hydrogens (tertiary/aromatic N) is 5. The fraction of sp³-hybridized carbons (Fsp3) is 0.500. The SMILES string of the molecule is COc1ccc(CCc2c(F)cc(CN(C(=O)OC(C)(C)C)/C(=N/C(=O)OC(C)(C)C)N3CN(C)C(=O)N(C)C3)cc2F)cc1. The highest BCUT2D eigenvalue weighted by Crippen LogP contribution is 2.23. The maximum absolute atomic E-state index is 15.4. The summed E-state index contributed by atoms with van der Waals surface area (Å²) in [6.45, 7) is 9.47. The summed E-state index contributed by atoms with van der Waals surface area (Å²) in [6.07, 6.45) is -1.43. The van der Waals surface area contributed by atoms with Gasteiger partial charge >= 0.3 is 18.2 Å². The van der Waals surface area contributed by atoms with E-state index >= 15 is 8.78 Å². The number of ether oxygens (including phenoxy) is 3. The number of hydrogen-bond donors (Lipinski definition) is 0. The zero-order valence-corrected chi connectivity index (χ0v) is 27.4. The van der Waals surface area contributed by atoms with Crippen LogP contribution in [-0.4, -0.2) is 89.5 Å². The van der Waals surface area contributed by atoms with Gasteiger partial charge in [-0.2, -0.15) is 0 Å². The van der Waals surface area contributed by atoms with Gasteiger partial charge in [-0.1, -0.05) is 12.1 Å². The number of carbonyl (C=O) groups excluding carboxylic acids is 3. The molecule has 0 N–H and O–H groups in total. The molecule has 13 heteroatoms. The monoisotopic (exact) mass is 631 g/mol. The number of hydrogen-bond acceptors (Lipinski definition) is 6. The molecule has 1 aliphatic heterocycles. The highest BCUT2D eigenvalue weighted by atomic mass is 19.1. The van der Waals surface area contributed by atoms with Crippen LogP contribution in [0.15, 0.2) is 41.4 Å². The van der Waals surface area contributed by atoms with Crippen molar-refractivity contribution in [3.63, 3.8) is 0 Å². The molecule has 0 spiro atoms. The number of benzene rings is 2. The molecule has 11 nitrogen and oxygen atoms in total. The fourth-order valence-electron chi connectivity index (χ4n) is 4.53. The van der Waals surface area contributed by atoms with Gasteiger partial charge in [0.25, 0.3) is 0 Å². The van der Waals surface area contributed by atoms with Gasteiger partial charge in [-0.05, 0) is 89.8 Å². The molecule has 2 aromatic rings. The third kappa shape index (κ3) is 10.0. The summed E-state index contributed by atoms with van der Waals surface area (Å²) >= 11 is 0. The Labute approximate surface area is 263 Å². The Bertz CT molecular complexity index is 1380. The number of methoxy groups -OCH3 is 1. The predicted octanol–water partition coefficient (Wildman–Crippen LogP) is 6.00. The summed E-state index contributed by atoms with van der Waals surface area (Å²) in [5.74, 6) is -1.10. The average Bonchev–Trinajstić information content (AvgIpc) is 2.91. The van der Waals surface area contributed by atoms with E-state index in [-0.39, 0.29) is 42.9 Å². The van der Waals surface area contributed by atoms with Gasteiger partial charge in [-0.15, -0.1) is 4.99 Å². The minimum atomic E-state index is -1.00. The molecular formula is C32H43F2N5O6. The molecule has 0 atom stereocenters. The quantitative estimate of drug-likeness (QED) is 0.285. The molecule has 1 heterocycles. The Kier molecular flexibility index (Phi) is 11.0. The summed E-state index contributed by atoms with van der Waals surface area (Å²) in [6, 6.07) is 9.22. The molecule has 1 saturated heterocycles. The third-order valence-electron chi connectivity index (χ3n) is 6.51. The molecule has 0 unspecified atom stereocenters. The lowest BCUT2D eigenvalue weighted by molar-refractivity contribution is 0.0300. The molecular weight excluding hydrogens is 588 g/mol. The summed E-state index contributed by atoms with van der Waals surface area (Å²) in [5, 5.41) is 0. The molecule has 0 aromatic heterocycles. The molecule has 0 bridgehead atoms. The van der Waals surface area contributed by atoms with Crippen LogP contribution in [0.1, 0.15) is 58.2 Å². The van der Waals surface area contributed by atoms with E-state index < -0.39 is 41.6 Å². The maximum atomic E-state index is 15.4. The van der Waals surface area contributed by atoms with Gasteiger partial charge in [0.15, 0.2) is 0 Å². The number of urea groups is 1. The lowest BCUT2D eigenvalue weighted by Gasteiger charge is -2.42. The van der Waals surface area contributed by atoms with E-state index in [1.54, 1.807) is 74.9 Å². The van der Waals surface area contributed by atoms with Crippen LogP contribution in [0.5, 0.6) is 5.75 Å². The van der Waals surface area contributed by atoms with Gasteiger partial charge in [0, 0.05) is 19.7 Å². The summed E-state index contributed by atoms with van der Waals surface area (Å²) in [4.78, 5) is 48.4. The first-order chi connectivity index (χ1) is 20.9. The largest absolute Gasteiger partial charge is 0.497 e. The van der Waals surface area contributed by atoms with E-state index in [1.807, 2.05) is 12.1 Å². The van der Waals surface area contributed by atoms with Crippen LogP contribution in [0.4, 0.5) is 23.2 Å². The van der Waals surface area contributed by atoms with Gasteiger partial charge in [-0.3, -0.25) is 0 Å². The van der Waals surface area contributed by atoms with E-state index in [2.05, 4.69) is 4.99 Å². The highest BCUT2D eigenvalue weighted by molar-refractivity contribution is 5.99. The molecule has 0 saturated carbocycles. The normalized spacial score (nSPS) is 14.4. The van der Waals surface area contributed by atoms with E-state index in [0.29, 0.717) is 12.2 Å². The van der Waals surface area contributed by atoms with Gasteiger partial charge in [0.2, 0.25) is 5.96 Å². The van der Waals surface area contributed by atoms with Crippen LogP contribution in [0.2, 0.25) is 0 Å². The molecule has 246 valence electrons. The minimum absolute atomic E-state index is 0.0445. The van der Waals surface area contributed by atoms with Crippen molar-refractivity contribution in [1.82, 2.24) is 19.6 Å². The number of rotatable bonds is 6. The summed E-state index contributed by atoms with van der Waals surface area (Å²) in [5.41, 5.74) is -0.983. The fourth-order valence-corrected chi connectivity index (χ4v) is 4.53. The second-order valence-corrected chi connectivity index (χ2v) is 12.8. The second kappa shape index (κ2) is 14.1. The van der Waals surface area contributed by atoms with Crippen molar-refractivity contribution in [3.05, 3.63) is 64.7 Å². The zero-order valence-electron chi connectivity index (χ0n) is 27.4. The van der Waals surface area contributed by atoms with Crippen LogP contribution in [0.3, 0.4) is 0 Å². The molecule has 45 heavy (non-hydrogen) atoms. The number of aryl methyl sites for hydroxylation is 1. The van der Waals surface area contributed by atoms with Crippen LogP contribution in [0.25, 0.3) is 0 Å². The first kappa shape index (κ1) is 35.1. The van der Waals surface area contributed by atoms with Crippen molar-refractivity contribution in [2.24, 2.45) is 4.99 Å². The van der Waals surface area contributed by atoms with Crippen molar-refractivity contribution in [3.8, 4) is 5.75 Å². The third-order valence-corrected chi connectivity index (χ3v) is 6.51. The minimum Gasteiger partial charge on any atom is -0.497 e. The van der Waals surface area contributed by atoms with E-state index in [0.717, 1.165) is 22.6 Å². The lowest BCUT2D eigenvalue weighted by atomic mass is 10.0. The van der Waals surface area contributed by atoms with E-state index in [9.17, 15) is 14.4 Å². The van der Waals surface area contributed by atoms with Crippen molar-refractivity contribution in [2.45, 2.75) is 72.1 Å². The van der Waals surface area contributed by atoms with E-state index in [1.165, 1.54) is 14.7 Å². The summed E-state index contributed by atoms with van der Waals surface area (Å²) < 4.78 is 47.0. The van der Waals surface area contributed by atoms with Gasteiger partial charge in [-0.25, -0.2) is 28.1 Å². The first-order valence-corrected chi connectivity index (χ1v) is 14.5. The Morgan fingerprint density at radius 1 is 0.867 bits per heavy atom. The molecule has 2 aromatic carbocycles. The van der Waals surface area contributed by atoms with Crippen LogP contribution in [-0.2, 0) is 28.9 Å². The summed E-state index contributed by atoms with van der Waals surface area (Å²) in [7, 11) is 4.65. The molecule has 0 radical (unpaired) electrons. The molecule has 3 rings (SSSR count).